The molecule has 1 atom stereocenters. The van der Waals surface area contributed by atoms with Gasteiger partial charge >= 0.3 is 0 Å². The molecule has 0 fully saturated rings. The molecule has 0 spiro atoms. The summed E-state index contributed by atoms with van der Waals surface area (Å²) in [4.78, 5) is 0. The van der Waals surface area contributed by atoms with Gasteiger partial charge in [-0.2, -0.15) is 0 Å². The maximum Gasteiger partial charge on any atom is 0.0465 e. The van der Waals surface area contributed by atoms with E-state index in [4.69, 9.17) is 4.74 Å². The highest BCUT2D eigenvalue weighted by molar-refractivity contribution is 4.80. The van der Waals surface area contributed by atoms with E-state index >= 15 is 0 Å². The monoisotopic (exact) mass is 186 g/mol. The van der Waals surface area contributed by atoms with E-state index in [1.54, 1.807) is 7.11 Å². The lowest BCUT2D eigenvalue weighted by atomic mass is 9.68. The Kier molecular flexibility index (Phi) is 5.62. The van der Waals surface area contributed by atoms with E-state index in [-0.39, 0.29) is 0 Å². The zero-order valence-corrected chi connectivity index (χ0v) is 10.2. The summed E-state index contributed by atoms with van der Waals surface area (Å²) in [6.07, 6.45) is 2.45. The Morgan fingerprint density at radius 2 is 1.77 bits per heavy atom. The second-order valence-electron chi connectivity index (χ2n) is 4.86. The van der Waals surface area contributed by atoms with Gasteiger partial charge in [0, 0.05) is 13.7 Å². The molecule has 0 aliphatic heterocycles. The molecule has 0 radical (unpaired) electrons. The standard InChI is InChI=1S/C12H26O/c1-7-11(8-9-13-6)12(4,5)10(2)3/h10-11H,7-9H2,1-6H3. The van der Waals surface area contributed by atoms with E-state index in [1.807, 2.05) is 0 Å². The van der Waals surface area contributed by atoms with Crippen molar-refractivity contribution in [3.8, 4) is 0 Å². The first-order chi connectivity index (χ1) is 5.96. The molecule has 0 aromatic rings. The largest absolute Gasteiger partial charge is 0.385 e. The molecule has 0 aromatic carbocycles. The van der Waals surface area contributed by atoms with Crippen molar-refractivity contribution in [1.82, 2.24) is 0 Å². The summed E-state index contributed by atoms with van der Waals surface area (Å²) in [6, 6.07) is 0. The van der Waals surface area contributed by atoms with Crippen LogP contribution in [-0.2, 0) is 4.74 Å². The minimum absolute atomic E-state index is 0.438. The van der Waals surface area contributed by atoms with Crippen LogP contribution in [0.4, 0.5) is 0 Å². The van der Waals surface area contributed by atoms with Crippen LogP contribution in [0.2, 0.25) is 0 Å². The van der Waals surface area contributed by atoms with Crippen LogP contribution in [0.5, 0.6) is 0 Å². The molecular formula is C12H26O. The van der Waals surface area contributed by atoms with Crippen LogP contribution in [0.1, 0.15) is 47.5 Å². The van der Waals surface area contributed by atoms with Crippen molar-refractivity contribution in [3.05, 3.63) is 0 Å². The van der Waals surface area contributed by atoms with Crippen LogP contribution in [0.25, 0.3) is 0 Å². The van der Waals surface area contributed by atoms with Crippen LogP contribution in [0.15, 0.2) is 0 Å². The maximum absolute atomic E-state index is 5.15. The van der Waals surface area contributed by atoms with Crippen molar-refractivity contribution in [2.75, 3.05) is 13.7 Å². The van der Waals surface area contributed by atoms with Gasteiger partial charge < -0.3 is 4.74 Å². The zero-order valence-electron chi connectivity index (χ0n) is 10.2. The lowest BCUT2D eigenvalue weighted by Gasteiger charge is -2.37. The van der Waals surface area contributed by atoms with Crippen molar-refractivity contribution in [2.24, 2.45) is 17.3 Å². The van der Waals surface area contributed by atoms with Crippen molar-refractivity contribution in [2.45, 2.75) is 47.5 Å². The van der Waals surface area contributed by atoms with Gasteiger partial charge in [-0.3, -0.25) is 0 Å². The lowest BCUT2D eigenvalue weighted by Crippen LogP contribution is -2.30. The highest BCUT2D eigenvalue weighted by Crippen LogP contribution is 2.38. The fraction of sp³-hybridized carbons (Fsp3) is 1.00. The van der Waals surface area contributed by atoms with E-state index in [9.17, 15) is 0 Å². The van der Waals surface area contributed by atoms with Gasteiger partial charge in [0.2, 0.25) is 0 Å². The maximum atomic E-state index is 5.15. The van der Waals surface area contributed by atoms with Crippen LogP contribution in [0.3, 0.4) is 0 Å². The van der Waals surface area contributed by atoms with Crippen molar-refractivity contribution < 1.29 is 4.74 Å². The normalized spacial score (nSPS) is 15.0. The van der Waals surface area contributed by atoms with Gasteiger partial charge in [0.1, 0.15) is 0 Å². The second-order valence-corrected chi connectivity index (χ2v) is 4.86. The molecular weight excluding hydrogens is 160 g/mol. The number of hydrogen-bond acceptors (Lipinski definition) is 1. The summed E-state index contributed by atoms with van der Waals surface area (Å²) in [5.41, 5.74) is 0.438. The number of methoxy groups -OCH3 is 1. The number of rotatable bonds is 6. The van der Waals surface area contributed by atoms with Gasteiger partial charge in [-0.05, 0) is 23.7 Å². The molecule has 0 amide bonds. The highest BCUT2D eigenvalue weighted by atomic mass is 16.5. The lowest BCUT2D eigenvalue weighted by molar-refractivity contribution is 0.0889. The molecule has 0 rings (SSSR count). The van der Waals surface area contributed by atoms with E-state index in [2.05, 4.69) is 34.6 Å². The third-order valence-electron chi connectivity index (χ3n) is 3.70. The molecule has 0 heterocycles. The Balaban J connectivity index is 4.19. The Morgan fingerprint density at radius 1 is 1.23 bits per heavy atom. The van der Waals surface area contributed by atoms with Gasteiger partial charge in [-0.1, -0.05) is 41.0 Å². The Labute approximate surface area is 83.9 Å². The third-order valence-corrected chi connectivity index (χ3v) is 3.70. The molecule has 80 valence electrons. The molecule has 0 aliphatic carbocycles. The van der Waals surface area contributed by atoms with Crippen LogP contribution < -0.4 is 0 Å². The Hall–Kier alpha value is -0.0400. The molecule has 0 saturated carbocycles. The summed E-state index contributed by atoms with van der Waals surface area (Å²) in [7, 11) is 1.79. The van der Waals surface area contributed by atoms with Gasteiger partial charge in [0.05, 0.1) is 0 Å². The van der Waals surface area contributed by atoms with Gasteiger partial charge in [-0.25, -0.2) is 0 Å². The predicted molar refractivity (Wildman–Crippen MR) is 58.9 cm³/mol. The van der Waals surface area contributed by atoms with Crippen molar-refractivity contribution in [3.63, 3.8) is 0 Å². The summed E-state index contributed by atoms with van der Waals surface area (Å²) < 4.78 is 5.15. The van der Waals surface area contributed by atoms with E-state index < -0.39 is 0 Å². The smallest absolute Gasteiger partial charge is 0.0465 e. The van der Waals surface area contributed by atoms with Crippen LogP contribution in [0, 0.1) is 17.3 Å². The van der Waals surface area contributed by atoms with Crippen molar-refractivity contribution in [1.29, 1.82) is 0 Å². The topological polar surface area (TPSA) is 9.23 Å². The van der Waals surface area contributed by atoms with Crippen LogP contribution in [-0.4, -0.2) is 13.7 Å². The molecule has 1 heteroatoms. The van der Waals surface area contributed by atoms with Gasteiger partial charge in [0.25, 0.3) is 0 Å². The Morgan fingerprint density at radius 3 is 2.08 bits per heavy atom. The summed E-state index contributed by atoms with van der Waals surface area (Å²) in [5.74, 6) is 1.53. The molecule has 13 heavy (non-hydrogen) atoms. The second kappa shape index (κ2) is 5.64. The van der Waals surface area contributed by atoms with E-state index in [0.29, 0.717) is 5.41 Å². The minimum atomic E-state index is 0.438. The zero-order chi connectivity index (χ0) is 10.5. The van der Waals surface area contributed by atoms with Crippen LogP contribution >= 0.6 is 0 Å². The summed E-state index contributed by atoms with van der Waals surface area (Å²) >= 11 is 0. The quantitative estimate of drug-likeness (QED) is 0.614. The minimum Gasteiger partial charge on any atom is -0.385 e. The molecule has 0 bridgehead atoms. The van der Waals surface area contributed by atoms with Gasteiger partial charge in [-0.15, -0.1) is 0 Å². The summed E-state index contributed by atoms with van der Waals surface area (Å²) in [6.45, 7) is 12.6. The molecule has 1 unspecified atom stereocenters. The molecule has 0 aliphatic rings. The average Bonchev–Trinajstić information content (AvgIpc) is 2.05. The molecule has 0 saturated heterocycles. The SMILES string of the molecule is CCC(CCOC)C(C)(C)C(C)C. The molecule has 1 nitrogen and oxygen atoms in total. The van der Waals surface area contributed by atoms with Gasteiger partial charge in [0.15, 0.2) is 0 Å². The molecule has 0 aromatic heterocycles. The average molecular weight is 186 g/mol. The van der Waals surface area contributed by atoms with Crippen molar-refractivity contribution >= 4 is 0 Å². The van der Waals surface area contributed by atoms with E-state index in [0.717, 1.165) is 18.4 Å². The first-order valence-electron chi connectivity index (χ1n) is 5.45. The predicted octanol–water partition coefficient (Wildman–Crippen LogP) is 3.73. The first kappa shape index (κ1) is 13.0. The third kappa shape index (κ3) is 3.68. The van der Waals surface area contributed by atoms with E-state index in [1.165, 1.54) is 12.8 Å². The summed E-state index contributed by atoms with van der Waals surface area (Å²) in [5, 5.41) is 0. The number of ether oxygens (including phenoxy) is 1. The fourth-order valence-electron chi connectivity index (χ4n) is 1.83. The fourth-order valence-corrected chi connectivity index (χ4v) is 1.83. The highest BCUT2D eigenvalue weighted by Gasteiger charge is 2.30. The Bertz CT molecular complexity index is 127. The number of hydrogen-bond donors (Lipinski definition) is 0. The first-order valence-corrected chi connectivity index (χ1v) is 5.45. The molecule has 0 N–H and O–H groups in total.